The lowest BCUT2D eigenvalue weighted by Gasteiger charge is -2.28. The molecule has 0 aromatic heterocycles. The van der Waals surface area contributed by atoms with Crippen LogP contribution in [0, 0.1) is 0 Å². The Hall–Kier alpha value is -3.93. The monoisotopic (exact) mass is 413 g/mol. The number of ether oxygens (including phenoxy) is 1. The molecule has 0 unspecified atom stereocenters. The summed E-state index contributed by atoms with van der Waals surface area (Å²) in [6, 6.07) is 27.2. The number of amides is 2. The Morgan fingerprint density at radius 3 is 2.19 bits per heavy atom. The lowest BCUT2D eigenvalue weighted by atomic mass is 9.88. The molecule has 1 N–H and O–H groups in total. The van der Waals surface area contributed by atoms with Gasteiger partial charge in [-0.1, -0.05) is 72.8 Å². The smallest absolute Gasteiger partial charge is 0.265 e. The quantitative estimate of drug-likeness (QED) is 0.494. The van der Waals surface area contributed by atoms with Gasteiger partial charge in [0.2, 0.25) is 0 Å². The Balaban J connectivity index is 1.52. The average molecular weight is 413 g/mol. The highest BCUT2D eigenvalue weighted by atomic mass is 16.5. The van der Waals surface area contributed by atoms with E-state index in [0.717, 1.165) is 16.8 Å². The second-order valence-electron chi connectivity index (χ2n) is 7.28. The third-order valence-corrected chi connectivity index (χ3v) is 5.15. The van der Waals surface area contributed by atoms with E-state index in [0.29, 0.717) is 11.4 Å². The standard InChI is InChI=1S/C25H23N3O3/c1-18(25(19-10-4-2-5-11-19)20-12-6-3-7-13-20)26-27-23(29)16-28-21-14-8-9-15-22(21)31-17-24(28)30/h2-15,25H,16-17H2,1H3,(H,27,29)/b26-18-. The predicted octanol–water partition coefficient (Wildman–Crippen LogP) is 3.74. The highest BCUT2D eigenvalue weighted by Crippen LogP contribution is 2.31. The number of carbonyl (C=O) groups excluding carboxylic acids is 2. The Kier molecular flexibility index (Phi) is 6.08. The first-order valence-corrected chi connectivity index (χ1v) is 10.1. The maximum Gasteiger partial charge on any atom is 0.265 e. The van der Waals surface area contributed by atoms with Crippen LogP contribution in [0.1, 0.15) is 24.0 Å². The van der Waals surface area contributed by atoms with Gasteiger partial charge in [-0.05, 0) is 30.2 Å². The molecule has 1 heterocycles. The largest absolute Gasteiger partial charge is 0.482 e. The summed E-state index contributed by atoms with van der Waals surface area (Å²) in [6.07, 6.45) is 0. The maximum absolute atomic E-state index is 12.6. The van der Waals surface area contributed by atoms with E-state index in [1.807, 2.05) is 73.7 Å². The van der Waals surface area contributed by atoms with Crippen molar-refractivity contribution in [3.63, 3.8) is 0 Å². The Labute approximate surface area is 181 Å². The summed E-state index contributed by atoms with van der Waals surface area (Å²) in [5.41, 5.74) is 6.12. The van der Waals surface area contributed by atoms with Gasteiger partial charge < -0.3 is 4.74 Å². The van der Waals surface area contributed by atoms with Crippen LogP contribution in [-0.2, 0) is 9.59 Å². The van der Waals surface area contributed by atoms with Crippen molar-refractivity contribution in [3.05, 3.63) is 96.1 Å². The summed E-state index contributed by atoms with van der Waals surface area (Å²) in [4.78, 5) is 26.3. The first kappa shape index (κ1) is 20.3. The lowest BCUT2D eigenvalue weighted by molar-refractivity contribution is -0.125. The number of nitrogens with one attached hydrogen (secondary N) is 1. The van der Waals surface area contributed by atoms with Crippen LogP contribution in [0.2, 0.25) is 0 Å². The van der Waals surface area contributed by atoms with E-state index in [9.17, 15) is 9.59 Å². The van der Waals surface area contributed by atoms with Crippen molar-refractivity contribution in [2.75, 3.05) is 18.1 Å². The van der Waals surface area contributed by atoms with Crippen molar-refractivity contribution in [3.8, 4) is 5.75 Å². The SMILES string of the molecule is C/C(=N/NC(=O)CN1C(=O)COc2ccccc21)C(c1ccccc1)c1ccccc1. The fraction of sp³-hybridized carbons (Fsp3) is 0.160. The van der Waals surface area contributed by atoms with E-state index in [4.69, 9.17) is 4.74 Å². The molecule has 156 valence electrons. The molecule has 0 saturated heterocycles. The fourth-order valence-corrected chi connectivity index (χ4v) is 3.69. The van der Waals surface area contributed by atoms with Crippen molar-refractivity contribution in [2.45, 2.75) is 12.8 Å². The molecule has 0 spiro atoms. The third kappa shape index (κ3) is 4.64. The van der Waals surface area contributed by atoms with Crippen molar-refractivity contribution in [1.29, 1.82) is 0 Å². The van der Waals surface area contributed by atoms with Gasteiger partial charge in [0, 0.05) is 11.6 Å². The van der Waals surface area contributed by atoms with Crippen molar-refractivity contribution in [2.24, 2.45) is 5.10 Å². The number of benzene rings is 3. The molecule has 0 radical (unpaired) electrons. The number of hydrogen-bond donors (Lipinski definition) is 1. The van der Waals surface area contributed by atoms with Crippen LogP contribution in [0.25, 0.3) is 0 Å². The lowest BCUT2D eigenvalue weighted by Crippen LogP contribution is -2.44. The van der Waals surface area contributed by atoms with Crippen LogP contribution < -0.4 is 15.1 Å². The summed E-state index contributed by atoms with van der Waals surface area (Å²) in [6.45, 7) is 1.67. The van der Waals surface area contributed by atoms with Gasteiger partial charge in [-0.25, -0.2) is 5.43 Å². The summed E-state index contributed by atoms with van der Waals surface area (Å²) < 4.78 is 5.42. The number of carbonyl (C=O) groups is 2. The van der Waals surface area contributed by atoms with E-state index < -0.39 is 0 Å². The van der Waals surface area contributed by atoms with E-state index in [1.54, 1.807) is 18.2 Å². The number of fused-ring (bicyclic) bond motifs is 1. The molecule has 1 aliphatic rings. The Morgan fingerprint density at radius 2 is 1.55 bits per heavy atom. The van der Waals surface area contributed by atoms with Gasteiger partial charge in [0.25, 0.3) is 11.8 Å². The van der Waals surface area contributed by atoms with Crippen molar-refractivity contribution >= 4 is 23.2 Å². The first-order valence-electron chi connectivity index (χ1n) is 10.1. The van der Waals surface area contributed by atoms with Crippen LogP contribution in [0.3, 0.4) is 0 Å². The minimum atomic E-state index is -0.371. The number of hydrogen-bond acceptors (Lipinski definition) is 4. The third-order valence-electron chi connectivity index (χ3n) is 5.15. The first-order chi connectivity index (χ1) is 15.1. The minimum absolute atomic E-state index is 0.0866. The highest BCUT2D eigenvalue weighted by Gasteiger charge is 2.27. The van der Waals surface area contributed by atoms with Crippen molar-refractivity contribution < 1.29 is 14.3 Å². The molecule has 0 fully saturated rings. The Morgan fingerprint density at radius 1 is 0.968 bits per heavy atom. The zero-order valence-corrected chi connectivity index (χ0v) is 17.2. The molecule has 0 bridgehead atoms. The van der Waals surface area contributed by atoms with Gasteiger partial charge in [0.05, 0.1) is 5.69 Å². The summed E-state index contributed by atoms with van der Waals surface area (Å²) >= 11 is 0. The van der Waals surface area contributed by atoms with Crippen LogP contribution in [-0.4, -0.2) is 30.7 Å². The zero-order chi connectivity index (χ0) is 21.6. The molecule has 1 aliphatic heterocycles. The molecule has 3 aromatic carbocycles. The Bertz CT molecular complexity index is 1060. The van der Waals surface area contributed by atoms with E-state index in [2.05, 4.69) is 10.5 Å². The molecule has 4 rings (SSSR count). The fourth-order valence-electron chi connectivity index (χ4n) is 3.69. The summed E-state index contributed by atoms with van der Waals surface area (Å²) in [5, 5.41) is 4.37. The predicted molar refractivity (Wildman–Crippen MR) is 120 cm³/mol. The molecular formula is C25H23N3O3. The van der Waals surface area contributed by atoms with Gasteiger partial charge in [0.1, 0.15) is 12.3 Å². The van der Waals surface area contributed by atoms with Gasteiger partial charge in [-0.2, -0.15) is 5.10 Å². The van der Waals surface area contributed by atoms with E-state index in [1.165, 1.54) is 4.90 Å². The van der Waals surface area contributed by atoms with E-state index in [-0.39, 0.29) is 30.9 Å². The number of anilines is 1. The van der Waals surface area contributed by atoms with Gasteiger partial charge in [0.15, 0.2) is 6.61 Å². The summed E-state index contributed by atoms with van der Waals surface area (Å²) in [5.74, 6) is -0.137. The number of para-hydroxylation sites is 2. The van der Waals surface area contributed by atoms with Crippen LogP contribution in [0.4, 0.5) is 5.69 Å². The van der Waals surface area contributed by atoms with Crippen LogP contribution in [0.15, 0.2) is 90.0 Å². The minimum Gasteiger partial charge on any atom is -0.482 e. The van der Waals surface area contributed by atoms with Crippen molar-refractivity contribution in [1.82, 2.24) is 5.43 Å². The molecule has 31 heavy (non-hydrogen) atoms. The second-order valence-corrected chi connectivity index (χ2v) is 7.28. The molecule has 2 amide bonds. The number of hydrazone groups is 1. The second kappa shape index (κ2) is 9.26. The zero-order valence-electron chi connectivity index (χ0n) is 17.2. The molecule has 6 nitrogen and oxygen atoms in total. The molecule has 3 aromatic rings. The van der Waals surface area contributed by atoms with Gasteiger partial charge in [-0.15, -0.1) is 0 Å². The van der Waals surface area contributed by atoms with E-state index >= 15 is 0 Å². The van der Waals surface area contributed by atoms with Gasteiger partial charge in [-0.3, -0.25) is 14.5 Å². The number of rotatable bonds is 6. The molecule has 6 heteroatoms. The van der Waals surface area contributed by atoms with Gasteiger partial charge >= 0.3 is 0 Å². The van der Waals surface area contributed by atoms with Crippen LogP contribution in [0.5, 0.6) is 5.75 Å². The molecule has 0 aliphatic carbocycles. The topological polar surface area (TPSA) is 71.0 Å². The molecule has 0 saturated carbocycles. The number of nitrogens with zero attached hydrogens (tertiary/aromatic N) is 2. The van der Waals surface area contributed by atoms with Crippen LogP contribution >= 0.6 is 0 Å². The summed E-state index contributed by atoms with van der Waals surface area (Å²) in [7, 11) is 0. The molecule has 0 atom stereocenters. The maximum atomic E-state index is 12.6. The normalized spacial score (nSPS) is 13.5. The average Bonchev–Trinajstić information content (AvgIpc) is 2.81. The molecular weight excluding hydrogens is 390 g/mol. The highest BCUT2D eigenvalue weighted by molar-refractivity contribution is 6.02.